The summed E-state index contributed by atoms with van der Waals surface area (Å²) < 4.78 is 0. The molecule has 2 nitrogen and oxygen atoms in total. The lowest BCUT2D eigenvalue weighted by Gasteiger charge is -2.20. The first-order chi connectivity index (χ1) is 9.38. The molecule has 0 aliphatic heterocycles. The van der Waals surface area contributed by atoms with Crippen LogP contribution in [0.15, 0.2) is 36.5 Å². The van der Waals surface area contributed by atoms with Crippen molar-refractivity contribution in [1.29, 1.82) is 0 Å². The van der Waals surface area contributed by atoms with E-state index in [0.717, 1.165) is 24.5 Å². The van der Waals surface area contributed by atoms with Crippen LogP contribution in [0.3, 0.4) is 0 Å². The molecule has 2 heteroatoms. The SMILES string of the molecule is CCNCC1CCCC1c1cnc2ccccc2c1. The highest BCUT2D eigenvalue weighted by atomic mass is 14.8. The second kappa shape index (κ2) is 5.70. The molecule has 0 radical (unpaired) electrons. The smallest absolute Gasteiger partial charge is 0.0702 e. The van der Waals surface area contributed by atoms with E-state index >= 15 is 0 Å². The molecule has 19 heavy (non-hydrogen) atoms. The first kappa shape index (κ1) is 12.6. The summed E-state index contributed by atoms with van der Waals surface area (Å²) in [6.45, 7) is 4.40. The minimum atomic E-state index is 0.691. The molecule has 0 bridgehead atoms. The quantitative estimate of drug-likeness (QED) is 0.899. The standard InChI is InChI=1S/C17H22N2/c1-2-18-11-14-7-5-8-16(14)15-10-13-6-3-4-9-17(13)19-12-15/h3-4,6,9-10,12,14,16,18H,2,5,7-8,11H2,1H3. The maximum Gasteiger partial charge on any atom is 0.0702 e. The number of nitrogens with zero attached hydrogens (tertiary/aromatic N) is 1. The fourth-order valence-corrected chi connectivity index (χ4v) is 3.34. The summed E-state index contributed by atoms with van der Waals surface area (Å²) in [4.78, 5) is 4.62. The molecular formula is C17H22N2. The summed E-state index contributed by atoms with van der Waals surface area (Å²) in [6.07, 6.45) is 6.12. The Bertz CT molecular complexity index is 550. The van der Waals surface area contributed by atoms with E-state index in [1.807, 2.05) is 0 Å². The first-order valence-electron chi connectivity index (χ1n) is 7.44. The number of hydrogen-bond donors (Lipinski definition) is 1. The molecule has 1 aliphatic rings. The third-order valence-corrected chi connectivity index (χ3v) is 4.36. The Morgan fingerprint density at radius 3 is 3.05 bits per heavy atom. The molecule has 3 rings (SSSR count). The Labute approximate surface area is 115 Å². The van der Waals surface area contributed by atoms with Gasteiger partial charge in [0.1, 0.15) is 0 Å². The third kappa shape index (κ3) is 2.64. The lowest BCUT2D eigenvalue weighted by atomic mass is 9.89. The minimum Gasteiger partial charge on any atom is -0.317 e. The Balaban J connectivity index is 1.86. The Morgan fingerprint density at radius 2 is 2.16 bits per heavy atom. The van der Waals surface area contributed by atoms with E-state index in [1.54, 1.807) is 0 Å². The van der Waals surface area contributed by atoms with Gasteiger partial charge in [-0.05, 0) is 55.5 Å². The maximum absolute atomic E-state index is 4.62. The lowest BCUT2D eigenvalue weighted by Crippen LogP contribution is -2.24. The van der Waals surface area contributed by atoms with Gasteiger partial charge < -0.3 is 5.32 Å². The average Bonchev–Trinajstić information content (AvgIpc) is 2.93. The van der Waals surface area contributed by atoms with Gasteiger partial charge >= 0.3 is 0 Å². The first-order valence-corrected chi connectivity index (χ1v) is 7.44. The molecular weight excluding hydrogens is 232 g/mol. The van der Waals surface area contributed by atoms with Gasteiger partial charge in [-0.1, -0.05) is 31.5 Å². The van der Waals surface area contributed by atoms with Crippen molar-refractivity contribution in [3.8, 4) is 0 Å². The van der Waals surface area contributed by atoms with E-state index in [0.29, 0.717) is 5.92 Å². The van der Waals surface area contributed by atoms with Crippen LogP contribution in [0.25, 0.3) is 10.9 Å². The van der Waals surface area contributed by atoms with E-state index in [4.69, 9.17) is 0 Å². The summed E-state index contributed by atoms with van der Waals surface area (Å²) in [5.74, 6) is 1.47. The normalized spacial score (nSPS) is 23.0. The van der Waals surface area contributed by atoms with E-state index < -0.39 is 0 Å². The van der Waals surface area contributed by atoms with E-state index in [9.17, 15) is 0 Å². The second-order valence-corrected chi connectivity index (χ2v) is 5.57. The Kier molecular flexibility index (Phi) is 3.79. The van der Waals surface area contributed by atoms with E-state index in [2.05, 4.69) is 53.8 Å². The van der Waals surface area contributed by atoms with Gasteiger partial charge in [0.2, 0.25) is 0 Å². The van der Waals surface area contributed by atoms with Crippen molar-refractivity contribution in [1.82, 2.24) is 10.3 Å². The van der Waals surface area contributed by atoms with Crippen LogP contribution in [-0.4, -0.2) is 18.1 Å². The molecule has 0 spiro atoms. The molecule has 1 aromatic heterocycles. The topological polar surface area (TPSA) is 24.9 Å². The van der Waals surface area contributed by atoms with Gasteiger partial charge in [-0.2, -0.15) is 0 Å². The zero-order valence-electron chi connectivity index (χ0n) is 11.6. The summed E-state index contributed by atoms with van der Waals surface area (Å²) in [5, 5.41) is 4.78. The van der Waals surface area contributed by atoms with Crippen LogP contribution in [0.1, 0.15) is 37.7 Å². The molecule has 1 saturated carbocycles. The number of hydrogen-bond acceptors (Lipinski definition) is 2. The zero-order chi connectivity index (χ0) is 13.1. The van der Waals surface area contributed by atoms with Crippen LogP contribution >= 0.6 is 0 Å². The van der Waals surface area contributed by atoms with Crippen LogP contribution in [-0.2, 0) is 0 Å². The monoisotopic (exact) mass is 254 g/mol. The van der Waals surface area contributed by atoms with Gasteiger partial charge in [-0.3, -0.25) is 4.98 Å². The van der Waals surface area contributed by atoms with Gasteiger partial charge in [-0.15, -0.1) is 0 Å². The predicted molar refractivity (Wildman–Crippen MR) is 80.4 cm³/mol. The fraction of sp³-hybridized carbons (Fsp3) is 0.471. The minimum absolute atomic E-state index is 0.691. The van der Waals surface area contributed by atoms with Gasteiger partial charge in [0.05, 0.1) is 5.52 Å². The molecule has 2 atom stereocenters. The summed E-state index contributed by atoms with van der Waals surface area (Å²) in [6, 6.07) is 10.7. The zero-order valence-corrected chi connectivity index (χ0v) is 11.6. The molecule has 0 saturated heterocycles. The predicted octanol–water partition coefficient (Wildman–Crippen LogP) is 3.73. The summed E-state index contributed by atoms with van der Waals surface area (Å²) in [7, 11) is 0. The van der Waals surface area contributed by atoms with Crippen LogP contribution in [0.2, 0.25) is 0 Å². The highest BCUT2D eigenvalue weighted by Gasteiger charge is 2.28. The molecule has 0 amide bonds. The Hall–Kier alpha value is -1.41. The highest BCUT2D eigenvalue weighted by molar-refractivity contribution is 5.78. The largest absolute Gasteiger partial charge is 0.317 e. The highest BCUT2D eigenvalue weighted by Crippen LogP contribution is 2.39. The number of nitrogens with one attached hydrogen (secondary N) is 1. The molecule has 2 unspecified atom stereocenters. The summed E-state index contributed by atoms with van der Waals surface area (Å²) >= 11 is 0. The summed E-state index contributed by atoms with van der Waals surface area (Å²) in [5.41, 5.74) is 2.53. The Morgan fingerprint density at radius 1 is 1.26 bits per heavy atom. The van der Waals surface area contributed by atoms with Crippen molar-refractivity contribution in [2.45, 2.75) is 32.1 Å². The second-order valence-electron chi connectivity index (χ2n) is 5.57. The average molecular weight is 254 g/mol. The third-order valence-electron chi connectivity index (χ3n) is 4.36. The maximum atomic E-state index is 4.62. The number of fused-ring (bicyclic) bond motifs is 1. The van der Waals surface area contributed by atoms with Crippen molar-refractivity contribution in [2.24, 2.45) is 5.92 Å². The van der Waals surface area contributed by atoms with Gasteiger partial charge in [0.25, 0.3) is 0 Å². The van der Waals surface area contributed by atoms with Crippen LogP contribution in [0, 0.1) is 5.92 Å². The van der Waals surface area contributed by atoms with Crippen molar-refractivity contribution >= 4 is 10.9 Å². The number of pyridine rings is 1. The molecule has 1 fully saturated rings. The molecule has 1 aliphatic carbocycles. The van der Waals surface area contributed by atoms with Crippen molar-refractivity contribution < 1.29 is 0 Å². The number of para-hydroxylation sites is 1. The number of aromatic nitrogens is 1. The number of rotatable bonds is 4. The van der Waals surface area contributed by atoms with Crippen molar-refractivity contribution in [2.75, 3.05) is 13.1 Å². The van der Waals surface area contributed by atoms with E-state index in [-0.39, 0.29) is 0 Å². The van der Waals surface area contributed by atoms with Crippen LogP contribution < -0.4 is 5.32 Å². The molecule has 1 heterocycles. The number of benzene rings is 1. The van der Waals surface area contributed by atoms with Gasteiger partial charge in [0.15, 0.2) is 0 Å². The fourth-order valence-electron chi connectivity index (χ4n) is 3.34. The molecule has 100 valence electrons. The molecule has 1 aromatic carbocycles. The van der Waals surface area contributed by atoms with Crippen LogP contribution in [0.4, 0.5) is 0 Å². The van der Waals surface area contributed by atoms with Gasteiger partial charge in [-0.25, -0.2) is 0 Å². The molecule has 1 N–H and O–H groups in total. The van der Waals surface area contributed by atoms with Crippen LogP contribution in [0.5, 0.6) is 0 Å². The van der Waals surface area contributed by atoms with Crippen molar-refractivity contribution in [3.63, 3.8) is 0 Å². The van der Waals surface area contributed by atoms with Crippen molar-refractivity contribution in [3.05, 3.63) is 42.1 Å². The van der Waals surface area contributed by atoms with Gasteiger partial charge in [0, 0.05) is 11.6 Å². The lowest BCUT2D eigenvalue weighted by molar-refractivity contribution is 0.450. The molecule has 2 aromatic rings. The van der Waals surface area contributed by atoms with E-state index in [1.165, 1.54) is 30.2 Å².